The Morgan fingerprint density at radius 3 is 2.50 bits per heavy atom. The number of nitrogens with two attached hydrogens (primary N) is 1. The van der Waals surface area contributed by atoms with Gasteiger partial charge in [0.2, 0.25) is 0 Å². The molecule has 1 aromatic carbocycles. The summed E-state index contributed by atoms with van der Waals surface area (Å²) in [5.74, 6) is 0.593. The van der Waals surface area contributed by atoms with Gasteiger partial charge in [0.15, 0.2) is 0 Å². The largest absolute Gasteiger partial charge is 0.496 e. The van der Waals surface area contributed by atoms with E-state index in [1.807, 2.05) is 0 Å². The summed E-state index contributed by atoms with van der Waals surface area (Å²) in [6.45, 7) is 0. The first kappa shape index (κ1) is 11.4. The number of alkyl halides is 2. The Kier molecular flexibility index (Phi) is 3.83. The maximum absolute atomic E-state index is 12.3. The van der Waals surface area contributed by atoms with Crippen LogP contribution in [0.1, 0.15) is 11.6 Å². The molecule has 0 amide bonds. The Bertz CT molecular complexity index is 320. The smallest absolute Gasteiger partial charge is 0.257 e. The van der Waals surface area contributed by atoms with Crippen LogP contribution >= 0.6 is 15.9 Å². The molecule has 1 unspecified atom stereocenters. The zero-order chi connectivity index (χ0) is 10.7. The minimum absolute atomic E-state index is 0.382. The fourth-order valence-corrected chi connectivity index (χ4v) is 1.59. The van der Waals surface area contributed by atoms with Gasteiger partial charge in [0.1, 0.15) is 5.75 Å². The van der Waals surface area contributed by atoms with Crippen molar-refractivity contribution in [3.63, 3.8) is 0 Å². The van der Waals surface area contributed by atoms with Gasteiger partial charge in [-0.15, -0.1) is 0 Å². The van der Waals surface area contributed by atoms with Gasteiger partial charge < -0.3 is 10.5 Å². The second kappa shape index (κ2) is 4.70. The molecule has 5 heteroatoms. The predicted molar refractivity (Wildman–Crippen MR) is 53.6 cm³/mol. The van der Waals surface area contributed by atoms with Gasteiger partial charge in [0.25, 0.3) is 6.43 Å². The maximum Gasteiger partial charge on any atom is 0.257 e. The van der Waals surface area contributed by atoms with Crippen molar-refractivity contribution in [2.75, 3.05) is 7.11 Å². The highest BCUT2D eigenvalue weighted by molar-refractivity contribution is 9.10. The highest BCUT2D eigenvalue weighted by Crippen LogP contribution is 2.28. The molecule has 0 aliphatic carbocycles. The van der Waals surface area contributed by atoms with Crippen molar-refractivity contribution in [1.82, 2.24) is 0 Å². The third-order valence-electron chi connectivity index (χ3n) is 1.83. The molecule has 1 aromatic rings. The number of hydrogen-bond acceptors (Lipinski definition) is 2. The molecule has 2 N–H and O–H groups in total. The van der Waals surface area contributed by atoms with E-state index in [4.69, 9.17) is 10.5 Å². The number of benzene rings is 1. The van der Waals surface area contributed by atoms with Crippen LogP contribution in [0.3, 0.4) is 0 Å². The SMILES string of the molecule is COc1ccc(C(N)C(F)F)cc1Br. The summed E-state index contributed by atoms with van der Waals surface area (Å²) >= 11 is 3.20. The first-order chi connectivity index (χ1) is 6.56. The summed E-state index contributed by atoms with van der Waals surface area (Å²) in [6.07, 6.45) is -2.56. The van der Waals surface area contributed by atoms with Gasteiger partial charge in [-0.05, 0) is 33.6 Å². The first-order valence-electron chi connectivity index (χ1n) is 3.93. The van der Waals surface area contributed by atoms with Crippen LogP contribution in [0, 0.1) is 0 Å². The molecule has 1 atom stereocenters. The minimum atomic E-state index is -2.56. The maximum atomic E-state index is 12.3. The van der Waals surface area contributed by atoms with E-state index in [1.54, 1.807) is 6.07 Å². The van der Waals surface area contributed by atoms with Crippen molar-refractivity contribution in [1.29, 1.82) is 0 Å². The first-order valence-corrected chi connectivity index (χ1v) is 4.72. The monoisotopic (exact) mass is 265 g/mol. The Morgan fingerprint density at radius 2 is 2.07 bits per heavy atom. The molecule has 78 valence electrons. The highest BCUT2D eigenvalue weighted by atomic mass is 79.9. The van der Waals surface area contributed by atoms with Crippen molar-refractivity contribution in [2.24, 2.45) is 5.73 Å². The Morgan fingerprint density at radius 1 is 1.43 bits per heavy atom. The average Bonchev–Trinajstić information content (AvgIpc) is 2.16. The normalized spacial score (nSPS) is 13.0. The predicted octanol–water partition coefficient (Wildman–Crippen LogP) is 2.72. The van der Waals surface area contributed by atoms with E-state index in [-0.39, 0.29) is 0 Å². The molecule has 1 rings (SSSR count). The van der Waals surface area contributed by atoms with Crippen LogP contribution in [-0.4, -0.2) is 13.5 Å². The van der Waals surface area contributed by atoms with E-state index in [9.17, 15) is 8.78 Å². The molecule has 0 saturated carbocycles. The fourth-order valence-electron chi connectivity index (χ4n) is 1.04. The van der Waals surface area contributed by atoms with Crippen molar-refractivity contribution in [2.45, 2.75) is 12.5 Å². The molecule has 0 saturated heterocycles. The topological polar surface area (TPSA) is 35.2 Å². The Balaban J connectivity index is 2.96. The summed E-state index contributed by atoms with van der Waals surface area (Å²) in [5.41, 5.74) is 5.67. The van der Waals surface area contributed by atoms with E-state index in [1.165, 1.54) is 19.2 Å². The van der Waals surface area contributed by atoms with Crippen LogP contribution in [0.2, 0.25) is 0 Å². The van der Waals surface area contributed by atoms with Gasteiger partial charge in [-0.3, -0.25) is 0 Å². The minimum Gasteiger partial charge on any atom is -0.496 e. The molecule has 0 aromatic heterocycles. The molecule has 14 heavy (non-hydrogen) atoms. The zero-order valence-electron chi connectivity index (χ0n) is 7.51. The molecule has 0 aliphatic rings. The van der Waals surface area contributed by atoms with Crippen molar-refractivity contribution < 1.29 is 13.5 Å². The third-order valence-corrected chi connectivity index (χ3v) is 2.45. The second-order valence-corrected chi connectivity index (χ2v) is 3.61. The van der Waals surface area contributed by atoms with Gasteiger partial charge >= 0.3 is 0 Å². The summed E-state index contributed by atoms with van der Waals surface area (Å²) in [7, 11) is 1.51. The quantitative estimate of drug-likeness (QED) is 0.912. The van der Waals surface area contributed by atoms with Crippen LogP contribution in [0.25, 0.3) is 0 Å². The van der Waals surface area contributed by atoms with Crippen LogP contribution in [-0.2, 0) is 0 Å². The summed E-state index contributed by atoms with van der Waals surface area (Å²) in [6, 6.07) is 3.41. The van der Waals surface area contributed by atoms with E-state index in [0.717, 1.165) is 0 Å². The molecule has 0 spiro atoms. The lowest BCUT2D eigenvalue weighted by atomic mass is 10.1. The summed E-state index contributed by atoms with van der Waals surface area (Å²) in [4.78, 5) is 0. The molecule has 0 heterocycles. The lowest BCUT2D eigenvalue weighted by molar-refractivity contribution is 0.116. The molecule has 0 radical (unpaired) electrons. The summed E-state index contributed by atoms with van der Waals surface area (Å²) in [5, 5.41) is 0. The van der Waals surface area contributed by atoms with Crippen molar-refractivity contribution in [3.8, 4) is 5.75 Å². The van der Waals surface area contributed by atoms with Gasteiger partial charge in [-0.1, -0.05) is 6.07 Å². The average molecular weight is 266 g/mol. The second-order valence-electron chi connectivity index (χ2n) is 2.75. The van der Waals surface area contributed by atoms with Gasteiger partial charge in [-0.2, -0.15) is 0 Å². The van der Waals surface area contributed by atoms with E-state index >= 15 is 0 Å². The number of methoxy groups -OCH3 is 1. The number of rotatable bonds is 3. The molecule has 0 fully saturated rings. The highest BCUT2D eigenvalue weighted by Gasteiger charge is 2.18. The number of hydrogen-bond donors (Lipinski definition) is 1. The van der Waals surface area contributed by atoms with Gasteiger partial charge in [-0.25, -0.2) is 8.78 Å². The van der Waals surface area contributed by atoms with Gasteiger partial charge in [0.05, 0.1) is 17.6 Å². The van der Waals surface area contributed by atoms with Crippen LogP contribution < -0.4 is 10.5 Å². The molecule has 2 nitrogen and oxygen atoms in total. The van der Waals surface area contributed by atoms with E-state index in [0.29, 0.717) is 15.8 Å². The standard InChI is InChI=1S/C9H10BrF2NO/c1-14-7-3-2-5(4-6(7)10)8(13)9(11)12/h2-4,8-9H,13H2,1H3. The van der Waals surface area contributed by atoms with Crippen molar-refractivity contribution >= 4 is 15.9 Å². The molecule has 0 aliphatic heterocycles. The Hall–Kier alpha value is -0.680. The molecular weight excluding hydrogens is 256 g/mol. The Labute approximate surface area is 89.2 Å². The number of ether oxygens (including phenoxy) is 1. The van der Waals surface area contributed by atoms with Crippen LogP contribution in [0.15, 0.2) is 22.7 Å². The zero-order valence-corrected chi connectivity index (χ0v) is 9.09. The molecule has 0 bridgehead atoms. The third kappa shape index (κ3) is 2.42. The molecular formula is C9H10BrF2NO. The lowest BCUT2D eigenvalue weighted by Crippen LogP contribution is -2.18. The van der Waals surface area contributed by atoms with E-state index in [2.05, 4.69) is 15.9 Å². The van der Waals surface area contributed by atoms with Crippen LogP contribution in [0.5, 0.6) is 5.75 Å². The lowest BCUT2D eigenvalue weighted by Gasteiger charge is -2.12. The summed E-state index contributed by atoms with van der Waals surface area (Å²) < 4.78 is 30.1. The van der Waals surface area contributed by atoms with Gasteiger partial charge in [0, 0.05) is 0 Å². The fraction of sp³-hybridized carbons (Fsp3) is 0.333. The number of halogens is 3. The van der Waals surface area contributed by atoms with Crippen LogP contribution in [0.4, 0.5) is 8.78 Å². The van der Waals surface area contributed by atoms with E-state index < -0.39 is 12.5 Å². The van der Waals surface area contributed by atoms with Crippen molar-refractivity contribution in [3.05, 3.63) is 28.2 Å².